The van der Waals surface area contributed by atoms with E-state index in [1.54, 1.807) is 7.11 Å². The highest BCUT2D eigenvalue weighted by atomic mass is 16.5. The summed E-state index contributed by atoms with van der Waals surface area (Å²) in [6.45, 7) is 8.56. The first kappa shape index (κ1) is 14.4. The first-order valence-electron chi connectivity index (χ1n) is 4.32. The second-order valence-corrected chi connectivity index (χ2v) is 3.77. The minimum Gasteiger partial charge on any atom is -0.412 e. The van der Waals surface area contributed by atoms with Gasteiger partial charge in [-0.15, -0.1) is 0 Å². The molecular formula is C9H23NO2. The van der Waals surface area contributed by atoms with E-state index < -0.39 is 0 Å². The Balaban J connectivity index is 0. The van der Waals surface area contributed by atoms with Crippen LogP contribution in [0.2, 0.25) is 0 Å². The number of nitrogens with one attached hydrogen (secondary N) is 1. The normalized spacial score (nSPS) is 16.0. The number of methoxy groups -OCH3 is 1. The van der Waals surface area contributed by atoms with Gasteiger partial charge < -0.3 is 15.5 Å². The maximum atomic E-state index is 4.94. The third kappa shape index (κ3) is 12.5. The summed E-state index contributed by atoms with van der Waals surface area (Å²) >= 11 is 0. The van der Waals surface area contributed by atoms with Gasteiger partial charge in [0.05, 0.1) is 5.60 Å². The lowest BCUT2D eigenvalue weighted by molar-refractivity contribution is 0.0397. The van der Waals surface area contributed by atoms with Crippen molar-refractivity contribution in [3.05, 3.63) is 0 Å². The zero-order valence-electron chi connectivity index (χ0n) is 8.74. The molecule has 0 saturated carbocycles. The first-order valence-corrected chi connectivity index (χ1v) is 4.32. The fraction of sp³-hybridized carbons (Fsp3) is 1.00. The molecule has 0 amide bonds. The molecule has 3 heteroatoms. The van der Waals surface area contributed by atoms with E-state index in [1.165, 1.54) is 25.9 Å². The molecule has 1 aliphatic heterocycles. The van der Waals surface area contributed by atoms with Crippen LogP contribution in [0.15, 0.2) is 0 Å². The number of hydrogen-bond donors (Lipinski definition) is 1. The van der Waals surface area contributed by atoms with E-state index in [0.29, 0.717) is 0 Å². The van der Waals surface area contributed by atoms with Crippen LogP contribution in [0.4, 0.5) is 0 Å². The van der Waals surface area contributed by atoms with Crippen molar-refractivity contribution in [3.63, 3.8) is 0 Å². The second kappa shape index (κ2) is 7.53. The van der Waals surface area contributed by atoms with Gasteiger partial charge in [-0.2, -0.15) is 0 Å². The van der Waals surface area contributed by atoms with Crippen molar-refractivity contribution in [3.8, 4) is 0 Å². The van der Waals surface area contributed by atoms with Gasteiger partial charge in [0, 0.05) is 7.11 Å². The molecule has 0 bridgehead atoms. The molecule has 1 fully saturated rings. The van der Waals surface area contributed by atoms with E-state index in [9.17, 15) is 0 Å². The van der Waals surface area contributed by atoms with E-state index >= 15 is 0 Å². The summed E-state index contributed by atoms with van der Waals surface area (Å²) < 4.78 is 4.94. The summed E-state index contributed by atoms with van der Waals surface area (Å²) in [6.07, 6.45) is 2.78. The largest absolute Gasteiger partial charge is 0.412 e. The fourth-order valence-corrected chi connectivity index (χ4v) is 0.625. The molecule has 0 unspecified atom stereocenters. The average molecular weight is 177 g/mol. The Morgan fingerprint density at radius 2 is 1.42 bits per heavy atom. The van der Waals surface area contributed by atoms with Crippen molar-refractivity contribution < 1.29 is 10.2 Å². The minimum atomic E-state index is 0. The summed E-state index contributed by atoms with van der Waals surface area (Å²) in [7, 11) is 1.71. The van der Waals surface area contributed by atoms with Crippen molar-refractivity contribution in [2.75, 3.05) is 20.2 Å². The smallest absolute Gasteiger partial charge is 0.0594 e. The Labute approximate surface area is 75.8 Å². The zero-order chi connectivity index (χ0) is 8.74. The van der Waals surface area contributed by atoms with Crippen molar-refractivity contribution in [1.29, 1.82) is 0 Å². The van der Waals surface area contributed by atoms with Gasteiger partial charge in [-0.3, -0.25) is 0 Å². The number of hydrogen-bond acceptors (Lipinski definition) is 2. The summed E-state index contributed by atoms with van der Waals surface area (Å²) in [5.74, 6) is 0. The van der Waals surface area contributed by atoms with E-state index in [4.69, 9.17) is 4.74 Å². The Hall–Kier alpha value is -0.120. The molecule has 1 aliphatic rings. The lowest BCUT2D eigenvalue weighted by Crippen LogP contribution is -2.15. The standard InChI is InChI=1S/C5H12O.C4H9N.H2O/c1-5(2,3)6-4;1-2-4-5-3-1;/h1-4H3;5H,1-4H2;1H2. The van der Waals surface area contributed by atoms with Crippen LogP contribution in [0.5, 0.6) is 0 Å². The summed E-state index contributed by atoms with van der Waals surface area (Å²) in [5, 5.41) is 3.22. The Kier molecular flexibility index (Phi) is 9.03. The molecule has 0 radical (unpaired) electrons. The predicted octanol–water partition coefficient (Wildman–Crippen LogP) is 0.976. The van der Waals surface area contributed by atoms with Gasteiger partial charge >= 0.3 is 0 Å². The molecule has 12 heavy (non-hydrogen) atoms. The highest BCUT2D eigenvalue weighted by Crippen LogP contribution is 2.02. The lowest BCUT2D eigenvalue weighted by Gasteiger charge is -2.14. The highest BCUT2D eigenvalue weighted by Gasteiger charge is 2.03. The van der Waals surface area contributed by atoms with E-state index in [1.807, 2.05) is 20.8 Å². The van der Waals surface area contributed by atoms with Gasteiger partial charge in [0.15, 0.2) is 0 Å². The molecular weight excluding hydrogens is 154 g/mol. The van der Waals surface area contributed by atoms with Gasteiger partial charge in [-0.25, -0.2) is 0 Å². The number of ether oxygens (including phenoxy) is 1. The molecule has 0 aromatic rings. The van der Waals surface area contributed by atoms with Crippen LogP contribution in [0, 0.1) is 0 Å². The van der Waals surface area contributed by atoms with Crippen LogP contribution in [-0.2, 0) is 4.74 Å². The monoisotopic (exact) mass is 177 g/mol. The lowest BCUT2D eigenvalue weighted by atomic mass is 10.2. The maximum absolute atomic E-state index is 4.94. The zero-order valence-corrected chi connectivity index (χ0v) is 8.74. The van der Waals surface area contributed by atoms with Crippen molar-refractivity contribution >= 4 is 0 Å². The van der Waals surface area contributed by atoms with Crippen LogP contribution in [0.3, 0.4) is 0 Å². The maximum Gasteiger partial charge on any atom is 0.0594 e. The first-order chi connectivity index (χ1) is 5.06. The van der Waals surface area contributed by atoms with Crippen LogP contribution >= 0.6 is 0 Å². The molecule has 0 atom stereocenters. The van der Waals surface area contributed by atoms with Crippen molar-refractivity contribution in [2.24, 2.45) is 0 Å². The number of rotatable bonds is 0. The minimum absolute atomic E-state index is 0. The molecule has 1 saturated heterocycles. The molecule has 0 aromatic heterocycles. The molecule has 1 rings (SSSR count). The Morgan fingerprint density at radius 1 is 1.08 bits per heavy atom. The van der Waals surface area contributed by atoms with Crippen LogP contribution in [0.25, 0.3) is 0 Å². The van der Waals surface area contributed by atoms with E-state index in [0.717, 1.165) is 0 Å². The summed E-state index contributed by atoms with van der Waals surface area (Å²) in [6, 6.07) is 0. The average Bonchev–Trinajstić information content (AvgIpc) is 2.41. The van der Waals surface area contributed by atoms with Crippen LogP contribution < -0.4 is 5.32 Å². The van der Waals surface area contributed by atoms with E-state index in [2.05, 4.69) is 5.32 Å². The van der Waals surface area contributed by atoms with Crippen LogP contribution in [0.1, 0.15) is 33.6 Å². The van der Waals surface area contributed by atoms with Gasteiger partial charge in [-0.1, -0.05) is 0 Å². The molecule has 76 valence electrons. The van der Waals surface area contributed by atoms with Gasteiger partial charge in [0.2, 0.25) is 0 Å². The Morgan fingerprint density at radius 3 is 1.50 bits per heavy atom. The molecule has 0 aromatic carbocycles. The van der Waals surface area contributed by atoms with E-state index in [-0.39, 0.29) is 11.1 Å². The molecule has 0 spiro atoms. The molecule has 1 heterocycles. The fourth-order valence-electron chi connectivity index (χ4n) is 0.625. The van der Waals surface area contributed by atoms with Crippen molar-refractivity contribution in [1.82, 2.24) is 5.32 Å². The van der Waals surface area contributed by atoms with Crippen molar-refractivity contribution in [2.45, 2.75) is 39.2 Å². The molecule has 3 nitrogen and oxygen atoms in total. The van der Waals surface area contributed by atoms with Crippen LogP contribution in [-0.4, -0.2) is 31.3 Å². The van der Waals surface area contributed by atoms with Gasteiger partial charge in [-0.05, 0) is 46.7 Å². The second-order valence-electron chi connectivity index (χ2n) is 3.77. The quantitative estimate of drug-likeness (QED) is 0.599. The van der Waals surface area contributed by atoms with Gasteiger partial charge in [0.1, 0.15) is 0 Å². The Bertz CT molecular complexity index is 77.4. The third-order valence-electron chi connectivity index (χ3n) is 1.57. The molecule has 3 N–H and O–H groups in total. The third-order valence-corrected chi connectivity index (χ3v) is 1.57. The SMILES string of the molecule is C1CCNC1.COC(C)(C)C.O. The molecule has 0 aliphatic carbocycles. The van der Waals surface area contributed by atoms with Gasteiger partial charge in [0.25, 0.3) is 0 Å². The predicted molar refractivity (Wildman–Crippen MR) is 52.5 cm³/mol. The highest BCUT2D eigenvalue weighted by molar-refractivity contribution is 4.55. The summed E-state index contributed by atoms with van der Waals surface area (Å²) in [5.41, 5.74) is 0.0417. The summed E-state index contributed by atoms with van der Waals surface area (Å²) in [4.78, 5) is 0. The topological polar surface area (TPSA) is 52.8 Å².